The predicted octanol–water partition coefficient (Wildman–Crippen LogP) is -1.00. The number of carbonyl (C=O) groups excluding carboxylic acids is 1. The number of nitrogens with two attached hydrogens (primary N) is 2. The first-order chi connectivity index (χ1) is 5.95. The number of halogens is 2. The second-order valence-electron chi connectivity index (χ2n) is 2.41. The molecule has 1 radical (unpaired) electrons. The van der Waals surface area contributed by atoms with Crippen LogP contribution in [0, 0.1) is 0 Å². The Bertz CT molecular complexity index is 191. The Hall–Kier alpha value is 0.509. The summed E-state index contributed by atoms with van der Waals surface area (Å²) in [5.41, 5.74) is 10.6. The Labute approximate surface area is 113 Å². The van der Waals surface area contributed by atoms with Crippen molar-refractivity contribution in [3.05, 3.63) is 0 Å². The molecule has 0 aliphatic heterocycles. The average molecular weight is 343 g/mol. The van der Waals surface area contributed by atoms with Crippen LogP contribution >= 0.6 is 36.6 Å². The van der Waals surface area contributed by atoms with Gasteiger partial charge >= 0.3 is 88.2 Å². The van der Waals surface area contributed by atoms with Gasteiger partial charge in [0.15, 0.2) is 0 Å². The predicted molar refractivity (Wildman–Crippen MR) is 66.2 cm³/mol. The molecule has 0 heterocycles. The normalized spacial score (nSPS) is 12.9. The zero-order valence-electron chi connectivity index (χ0n) is 7.62. The monoisotopic (exact) mass is 343 g/mol. The van der Waals surface area contributed by atoms with Crippen LogP contribution in [0.1, 0.15) is 0 Å². The van der Waals surface area contributed by atoms with E-state index in [0.717, 1.165) is 0 Å². The Balaban J connectivity index is -0.000000720. The van der Waals surface area contributed by atoms with Crippen molar-refractivity contribution in [1.29, 1.82) is 0 Å². The van der Waals surface area contributed by atoms with Crippen LogP contribution < -0.4 is 11.5 Å². The van der Waals surface area contributed by atoms with Gasteiger partial charge in [-0.2, -0.15) is 0 Å². The van der Waals surface area contributed by atoms with Crippen LogP contribution in [0.2, 0.25) is 0 Å². The summed E-state index contributed by atoms with van der Waals surface area (Å²) in [5, 5.41) is 8.41. The Morgan fingerprint density at radius 3 is 1.93 bits per heavy atom. The van der Waals surface area contributed by atoms with Gasteiger partial charge in [0, 0.05) is 0 Å². The molecule has 0 saturated heterocycles. The molecule has 0 amide bonds. The third kappa shape index (κ3) is 10.8. The molecule has 0 fully saturated rings. The first-order valence-corrected chi connectivity index (χ1v) is 5.49. The third-order valence-corrected chi connectivity index (χ3v) is 3.04. The van der Waals surface area contributed by atoms with Crippen LogP contribution in [0.4, 0.5) is 0 Å². The van der Waals surface area contributed by atoms with Gasteiger partial charge in [0.2, 0.25) is 0 Å². The first kappa shape index (κ1) is 20.9. The molecular formula is C6H13Cl2N2O3SSe. The molecule has 0 aliphatic rings. The zero-order chi connectivity index (χ0) is 10.4. The van der Waals surface area contributed by atoms with Gasteiger partial charge in [-0.05, 0) is 0 Å². The van der Waals surface area contributed by atoms with Crippen molar-refractivity contribution in [2.45, 2.75) is 12.1 Å². The number of thioether (sulfide) groups is 1. The molecule has 0 aromatic heterocycles. The van der Waals surface area contributed by atoms with Crippen molar-refractivity contribution in [3.8, 4) is 0 Å². The van der Waals surface area contributed by atoms with Gasteiger partial charge in [0.05, 0.1) is 0 Å². The van der Waals surface area contributed by atoms with E-state index in [9.17, 15) is 9.59 Å². The van der Waals surface area contributed by atoms with E-state index in [1.807, 2.05) is 0 Å². The molecule has 5 nitrogen and oxygen atoms in total. The van der Waals surface area contributed by atoms with E-state index in [-0.39, 0.29) is 35.2 Å². The summed E-state index contributed by atoms with van der Waals surface area (Å²) in [6, 6.07) is -1.47. The van der Waals surface area contributed by atoms with E-state index in [1.165, 1.54) is 11.8 Å². The van der Waals surface area contributed by atoms with Gasteiger partial charge in [0.25, 0.3) is 0 Å². The summed E-state index contributed by atoms with van der Waals surface area (Å²) in [4.78, 5) is 20.9. The van der Waals surface area contributed by atoms with Gasteiger partial charge in [-0.1, -0.05) is 0 Å². The number of hydrogen-bond donors (Lipinski definition) is 3. The summed E-state index contributed by atoms with van der Waals surface area (Å²) in [6.45, 7) is 0. The molecule has 0 unspecified atom stereocenters. The molecule has 0 aromatic carbocycles. The van der Waals surface area contributed by atoms with E-state index in [1.54, 1.807) is 0 Å². The van der Waals surface area contributed by atoms with Crippen LogP contribution in [0.25, 0.3) is 0 Å². The van der Waals surface area contributed by atoms with Crippen LogP contribution in [-0.4, -0.2) is 55.4 Å². The van der Waals surface area contributed by atoms with Gasteiger partial charge in [-0.25, -0.2) is 0 Å². The standard InChI is InChI=1S/C6H11N2O3SSe.2ClH/c7-3(5(9)10)1-12-2-4(8)6(11)13;;/h3-4H,1-2,7-8H2,(H,9,10);2*1H/t3-,4-;;/m0../s1. The number of aliphatic carboxylic acids is 1. The average Bonchev–Trinajstić information content (AvgIpc) is 2.03. The van der Waals surface area contributed by atoms with E-state index in [0.29, 0.717) is 5.75 Å². The van der Waals surface area contributed by atoms with E-state index in [4.69, 9.17) is 16.6 Å². The summed E-state index contributed by atoms with van der Waals surface area (Å²) in [7, 11) is 0. The molecule has 9 heteroatoms. The van der Waals surface area contributed by atoms with Crippen molar-refractivity contribution in [1.82, 2.24) is 0 Å². The van der Waals surface area contributed by atoms with Crippen molar-refractivity contribution in [2.75, 3.05) is 11.5 Å². The van der Waals surface area contributed by atoms with Crippen molar-refractivity contribution < 1.29 is 14.7 Å². The molecule has 15 heavy (non-hydrogen) atoms. The van der Waals surface area contributed by atoms with E-state index in [2.05, 4.69) is 16.0 Å². The molecule has 0 aromatic rings. The topological polar surface area (TPSA) is 106 Å². The van der Waals surface area contributed by atoms with Crippen molar-refractivity contribution >= 4 is 63.2 Å². The quantitative estimate of drug-likeness (QED) is 0.534. The SMILES string of the molecule is Cl.Cl.N[C@@H](CSC[C@H](N)C(=O)[Se])C(=O)O. The summed E-state index contributed by atoms with van der Waals surface area (Å²) in [5.74, 6) is -0.404. The third-order valence-electron chi connectivity index (χ3n) is 1.21. The fraction of sp³-hybridized carbons (Fsp3) is 0.667. The maximum atomic E-state index is 10.6. The number of rotatable bonds is 6. The summed E-state index contributed by atoms with van der Waals surface area (Å²) < 4.78 is -0.226. The number of carboxylic acid groups (broad SMARTS) is 1. The second-order valence-corrected chi connectivity index (χ2v) is 4.33. The van der Waals surface area contributed by atoms with Gasteiger partial charge < -0.3 is 0 Å². The molecule has 0 rings (SSSR count). The molecule has 91 valence electrons. The Morgan fingerprint density at radius 1 is 1.20 bits per heavy atom. The zero-order valence-corrected chi connectivity index (χ0v) is 11.8. The van der Waals surface area contributed by atoms with Crippen LogP contribution in [-0.2, 0) is 9.59 Å². The molecule has 0 spiro atoms. The van der Waals surface area contributed by atoms with E-state index < -0.39 is 18.1 Å². The van der Waals surface area contributed by atoms with Crippen LogP contribution in [0.15, 0.2) is 0 Å². The first-order valence-electron chi connectivity index (χ1n) is 3.47. The molecule has 0 saturated carbocycles. The number of carbonyl (C=O) groups is 2. The van der Waals surface area contributed by atoms with Gasteiger partial charge in [-0.15, -0.1) is 24.8 Å². The van der Waals surface area contributed by atoms with Crippen molar-refractivity contribution in [2.24, 2.45) is 11.5 Å². The molecular weight excluding hydrogens is 330 g/mol. The van der Waals surface area contributed by atoms with Gasteiger partial charge in [-0.3, -0.25) is 0 Å². The molecule has 2 atom stereocenters. The second kappa shape index (κ2) is 11.0. The Kier molecular flexibility index (Phi) is 15.3. The minimum absolute atomic E-state index is 0. The van der Waals surface area contributed by atoms with Crippen LogP contribution in [0.3, 0.4) is 0 Å². The minimum atomic E-state index is -1.05. The Morgan fingerprint density at radius 2 is 1.60 bits per heavy atom. The molecule has 0 bridgehead atoms. The van der Waals surface area contributed by atoms with Gasteiger partial charge in [0.1, 0.15) is 0 Å². The molecule has 5 N–H and O–H groups in total. The van der Waals surface area contributed by atoms with E-state index >= 15 is 0 Å². The summed E-state index contributed by atoms with van der Waals surface area (Å²) >= 11 is 3.53. The number of carboxylic acids is 1. The van der Waals surface area contributed by atoms with Crippen molar-refractivity contribution in [3.63, 3.8) is 0 Å². The fourth-order valence-corrected chi connectivity index (χ4v) is 1.81. The fourth-order valence-electron chi connectivity index (χ4n) is 0.461. The van der Waals surface area contributed by atoms with Crippen LogP contribution in [0.5, 0.6) is 0 Å². The maximum absolute atomic E-state index is 10.6. The summed E-state index contributed by atoms with van der Waals surface area (Å²) in [6.07, 6.45) is 0. The molecule has 0 aliphatic carbocycles. The number of hydrogen-bond acceptors (Lipinski definition) is 5.